The van der Waals surface area contributed by atoms with Crippen molar-refractivity contribution in [3.63, 3.8) is 0 Å². The first-order valence-electron chi connectivity index (χ1n) is 6.80. The maximum absolute atomic E-state index is 13.4. The van der Waals surface area contributed by atoms with E-state index in [1.165, 1.54) is 24.3 Å². The smallest absolute Gasteiger partial charge is 0.235 e. The summed E-state index contributed by atoms with van der Waals surface area (Å²) in [6, 6.07) is 6.62. The average molecular weight is 311 g/mol. The molecule has 0 aliphatic carbocycles. The molecular weight excluding hydrogens is 301 g/mol. The van der Waals surface area contributed by atoms with Crippen molar-refractivity contribution in [2.24, 2.45) is 0 Å². The maximum Gasteiger partial charge on any atom is 0.235 e. The monoisotopic (exact) mass is 311 g/mol. The van der Waals surface area contributed by atoms with Gasteiger partial charge >= 0.3 is 0 Å². The third-order valence-corrected chi connectivity index (χ3v) is 3.70. The Morgan fingerprint density at radius 1 is 1.17 bits per heavy atom. The van der Waals surface area contributed by atoms with E-state index in [4.69, 9.17) is 4.74 Å². The molecule has 1 aliphatic rings. The number of aromatic hydroxyl groups is 2. The van der Waals surface area contributed by atoms with E-state index in [1.54, 1.807) is 12.3 Å². The Morgan fingerprint density at radius 2 is 2.00 bits per heavy atom. The van der Waals surface area contributed by atoms with Crippen LogP contribution in [0, 0.1) is 5.82 Å². The Balaban J connectivity index is 1.82. The summed E-state index contributed by atoms with van der Waals surface area (Å²) in [6.07, 6.45) is 3.10. The van der Waals surface area contributed by atoms with Gasteiger partial charge in [-0.3, -0.25) is 4.79 Å². The molecule has 1 aliphatic heterocycles. The highest BCUT2D eigenvalue weighted by molar-refractivity contribution is 6.16. The van der Waals surface area contributed by atoms with Crippen molar-refractivity contribution in [3.8, 4) is 17.2 Å². The lowest BCUT2D eigenvalue weighted by Gasteiger charge is -2.00. The van der Waals surface area contributed by atoms with E-state index < -0.39 is 5.78 Å². The number of halogens is 1. The molecule has 5 nitrogen and oxygen atoms in total. The molecule has 0 unspecified atom stereocenters. The van der Waals surface area contributed by atoms with Gasteiger partial charge in [-0.1, -0.05) is 0 Å². The fourth-order valence-electron chi connectivity index (χ4n) is 2.65. The molecule has 2 heterocycles. The molecule has 23 heavy (non-hydrogen) atoms. The Bertz CT molecular complexity index is 1000. The molecule has 0 fully saturated rings. The Hall–Kier alpha value is -3.28. The number of aromatic amines is 1. The van der Waals surface area contributed by atoms with Crippen LogP contribution in [0.5, 0.6) is 17.2 Å². The summed E-state index contributed by atoms with van der Waals surface area (Å²) in [4.78, 5) is 15.3. The Labute approximate surface area is 129 Å². The first-order valence-corrected chi connectivity index (χ1v) is 6.80. The summed E-state index contributed by atoms with van der Waals surface area (Å²) in [5.41, 5.74) is 1.31. The van der Waals surface area contributed by atoms with E-state index in [1.807, 2.05) is 0 Å². The first kappa shape index (κ1) is 13.4. The van der Waals surface area contributed by atoms with Crippen LogP contribution in [0.15, 0.2) is 42.3 Å². The highest BCUT2D eigenvalue weighted by atomic mass is 19.1. The van der Waals surface area contributed by atoms with Gasteiger partial charge < -0.3 is 19.9 Å². The van der Waals surface area contributed by atoms with E-state index in [2.05, 4.69) is 4.98 Å². The van der Waals surface area contributed by atoms with Crippen LogP contribution in [0.3, 0.4) is 0 Å². The van der Waals surface area contributed by atoms with Crippen LogP contribution in [0.25, 0.3) is 17.0 Å². The second-order valence-electron chi connectivity index (χ2n) is 5.21. The normalized spacial score (nSPS) is 15.2. The van der Waals surface area contributed by atoms with Crippen LogP contribution in [-0.2, 0) is 0 Å². The van der Waals surface area contributed by atoms with Crippen LogP contribution in [0.1, 0.15) is 15.9 Å². The van der Waals surface area contributed by atoms with Gasteiger partial charge in [0.1, 0.15) is 28.6 Å². The fraction of sp³-hybridized carbons (Fsp3) is 0. The molecule has 3 N–H and O–H groups in total. The van der Waals surface area contributed by atoms with E-state index in [-0.39, 0.29) is 34.4 Å². The lowest BCUT2D eigenvalue weighted by atomic mass is 10.1. The van der Waals surface area contributed by atoms with Gasteiger partial charge in [0.05, 0.1) is 0 Å². The molecule has 1 aromatic heterocycles. The number of Topliss-reactive ketones (excluding diaryl/α,β-unsaturated/α-hetero) is 1. The summed E-state index contributed by atoms with van der Waals surface area (Å²) in [6.45, 7) is 0. The number of phenols is 2. The number of H-pyrrole nitrogens is 1. The SMILES string of the molecule is O=C1/C(=C\c2c[nH]c3ccc(F)cc23)Oc2cc(O)cc(O)c21. The molecule has 0 bridgehead atoms. The highest BCUT2D eigenvalue weighted by Crippen LogP contribution is 2.40. The van der Waals surface area contributed by atoms with E-state index in [9.17, 15) is 19.4 Å². The van der Waals surface area contributed by atoms with Crippen molar-refractivity contribution in [1.82, 2.24) is 4.98 Å². The number of carbonyl (C=O) groups is 1. The van der Waals surface area contributed by atoms with Crippen LogP contribution in [-0.4, -0.2) is 21.0 Å². The number of rotatable bonds is 1. The van der Waals surface area contributed by atoms with E-state index in [0.29, 0.717) is 10.9 Å². The zero-order valence-electron chi connectivity index (χ0n) is 11.6. The van der Waals surface area contributed by atoms with Gasteiger partial charge in [-0.25, -0.2) is 4.39 Å². The number of hydrogen-bond acceptors (Lipinski definition) is 4. The molecule has 0 atom stereocenters. The van der Waals surface area contributed by atoms with Gasteiger partial charge in [-0.2, -0.15) is 0 Å². The Morgan fingerprint density at radius 3 is 2.83 bits per heavy atom. The summed E-state index contributed by atoms with van der Waals surface area (Å²) < 4.78 is 18.8. The zero-order chi connectivity index (χ0) is 16.1. The van der Waals surface area contributed by atoms with Crippen molar-refractivity contribution >= 4 is 22.8 Å². The second-order valence-corrected chi connectivity index (χ2v) is 5.21. The number of hydrogen-bond donors (Lipinski definition) is 3. The minimum Gasteiger partial charge on any atom is -0.508 e. The molecule has 0 spiro atoms. The van der Waals surface area contributed by atoms with Crippen molar-refractivity contribution in [2.45, 2.75) is 0 Å². The Kier molecular flexibility index (Phi) is 2.68. The molecule has 0 saturated carbocycles. The van der Waals surface area contributed by atoms with Crippen LogP contribution in [0.2, 0.25) is 0 Å². The number of aromatic nitrogens is 1. The van der Waals surface area contributed by atoms with Gasteiger partial charge in [-0.15, -0.1) is 0 Å². The zero-order valence-corrected chi connectivity index (χ0v) is 11.6. The molecule has 2 aromatic carbocycles. The topological polar surface area (TPSA) is 82.6 Å². The van der Waals surface area contributed by atoms with Gasteiger partial charge in [0.2, 0.25) is 5.78 Å². The molecule has 0 amide bonds. The quantitative estimate of drug-likeness (QED) is 0.602. The standard InChI is InChI=1S/C17H10FNO4/c18-9-1-2-12-11(4-9)8(7-19-12)3-15-17(22)16-13(21)5-10(20)6-14(16)23-15/h1-7,19-21H/b15-3+. The largest absolute Gasteiger partial charge is 0.508 e. The number of carbonyl (C=O) groups excluding carboxylic acids is 1. The van der Waals surface area contributed by atoms with Crippen LogP contribution >= 0.6 is 0 Å². The van der Waals surface area contributed by atoms with Gasteiger partial charge in [-0.05, 0) is 24.3 Å². The number of allylic oxidation sites excluding steroid dienone is 1. The van der Waals surface area contributed by atoms with Crippen LogP contribution in [0.4, 0.5) is 4.39 Å². The molecular formula is C17H10FNO4. The second kappa shape index (κ2) is 4.61. The number of nitrogens with one attached hydrogen (secondary N) is 1. The lowest BCUT2D eigenvalue weighted by molar-refractivity contribution is 0.101. The van der Waals surface area contributed by atoms with Gasteiger partial charge in [0.15, 0.2) is 5.76 Å². The number of benzene rings is 2. The number of phenolic OH excluding ortho intramolecular Hbond substituents is 2. The summed E-state index contributed by atoms with van der Waals surface area (Å²) in [5, 5.41) is 19.9. The van der Waals surface area contributed by atoms with Crippen molar-refractivity contribution in [1.29, 1.82) is 0 Å². The van der Waals surface area contributed by atoms with Crippen LogP contribution < -0.4 is 4.74 Å². The van der Waals surface area contributed by atoms with Crippen molar-refractivity contribution in [2.75, 3.05) is 0 Å². The van der Waals surface area contributed by atoms with E-state index in [0.717, 1.165) is 11.6 Å². The molecule has 0 radical (unpaired) electrons. The lowest BCUT2D eigenvalue weighted by Crippen LogP contribution is -1.98. The number of ether oxygens (including phenoxy) is 1. The molecule has 6 heteroatoms. The molecule has 4 rings (SSSR count). The van der Waals surface area contributed by atoms with Crippen molar-refractivity contribution < 1.29 is 24.1 Å². The molecule has 3 aromatic rings. The highest BCUT2D eigenvalue weighted by Gasteiger charge is 2.31. The maximum atomic E-state index is 13.4. The average Bonchev–Trinajstić information content (AvgIpc) is 3.01. The minimum atomic E-state index is -0.497. The first-order chi connectivity index (χ1) is 11.0. The third kappa shape index (κ3) is 2.03. The predicted molar refractivity (Wildman–Crippen MR) is 81.0 cm³/mol. The summed E-state index contributed by atoms with van der Waals surface area (Å²) in [7, 11) is 0. The number of ketones is 1. The molecule has 114 valence electrons. The number of fused-ring (bicyclic) bond motifs is 2. The molecule has 0 saturated heterocycles. The van der Waals surface area contributed by atoms with Gasteiger partial charge in [0, 0.05) is 34.8 Å². The summed E-state index contributed by atoms with van der Waals surface area (Å²) in [5.74, 6) is -1.36. The fourth-order valence-corrected chi connectivity index (χ4v) is 2.65. The van der Waals surface area contributed by atoms with Crippen molar-refractivity contribution in [3.05, 3.63) is 59.2 Å². The van der Waals surface area contributed by atoms with Gasteiger partial charge in [0.25, 0.3) is 0 Å². The minimum absolute atomic E-state index is 0.0000665. The predicted octanol–water partition coefficient (Wildman–Crippen LogP) is 3.33. The van der Waals surface area contributed by atoms with E-state index >= 15 is 0 Å². The summed E-state index contributed by atoms with van der Waals surface area (Å²) >= 11 is 0. The third-order valence-electron chi connectivity index (χ3n) is 3.70.